The zero-order valence-electron chi connectivity index (χ0n) is 17.1. The van der Waals surface area contributed by atoms with Crippen molar-refractivity contribution in [3.8, 4) is 0 Å². The maximum absolute atomic E-state index is 13.6. The maximum Gasteiger partial charge on any atom is 0.433 e. The Morgan fingerprint density at radius 1 is 1.07 bits per heavy atom. The molecule has 0 radical (unpaired) electrons. The molecule has 2 aliphatic heterocycles. The Hall–Kier alpha value is -1.72. The summed E-state index contributed by atoms with van der Waals surface area (Å²) in [6.45, 7) is 5.27. The third kappa shape index (κ3) is 3.94. The third-order valence-corrected chi connectivity index (χ3v) is 7.87. The molecule has 30 heavy (non-hydrogen) atoms. The van der Waals surface area contributed by atoms with Gasteiger partial charge in [0.15, 0.2) is 5.65 Å². The van der Waals surface area contributed by atoms with Crippen LogP contribution < -0.4 is 0 Å². The lowest BCUT2D eigenvalue weighted by Gasteiger charge is -2.33. The molecule has 7 nitrogen and oxygen atoms in total. The highest BCUT2D eigenvalue weighted by Crippen LogP contribution is 2.34. The lowest BCUT2D eigenvalue weighted by Crippen LogP contribution is -2.46. The van der Waals surface area contributed by atoms with Crippen molar-refractivity contribution in [1.82, 2.24) is 23.2 Å². The first kappa shape index (κ1) is 21.5. The number of halogens is 3. The summed E-state index contributed by atoms with van der Waals surface area (Å²) in [6, 6.07) is 2.61. The van der Waals surface area contributed by atoms with Crippen LogP contribution in [0.4, 0.5) is 13.2 Å². The molecule has 2 fully saturated rings. The van der Waals surface area contributed by atoms with E-state index in [4.69, 9.17) is 0 Å². The Bertz CT molecular complexity index is 1030. The van der Waals surface area contributed by atoms with Crippen LogP contribution in [-0.4, -0.2) is 57.8 Å². The third-order valence-electron chi connectivity index (χ3n) is 5.87. The molecule has 4 heterocycles. The van der Waals surface area contributed by atoms with Gasteiger partial charge >= 0.3 is 6.18 Å². The molecule has 0 N–H and O–H groups in total. The van der Waals surface area contributed by atoms with Gasteiger partial charge in [0, 0.05) is 43.9 Å². The highest BCUT2D eigenvalue weighted by molar-refractivity contribution is 7.86. The molecule has 11 heteroatoms. The van der Waals surface area contributed by atoms with Gasteiger partial charge in [-0.3, -0.25) is 0 Å². The van der Waals surface area contributed by atoms with E-state index in [0.717, 1.165) is 23.4 Å². The monoisotopic (exact) mass is 445 g/mol. The fourth-order valence-electron chi connectivity index (χ4n) is 4.18. The fraction of sp³-hybridized carbons (Fsp3) is 0.684. The zero-order chi connectivity index (χ0) is 21.7. The molecule has 0 aliphatic carbocycles. The van der Waals surface area contributed by atoms with Gasteiger partial charge in [0.1, 0.15) is 5.69 Å². The second kappa shape index (κ2) is 7.76. The van der Waals surface area contributed by atoms with Crippen molar-refractivity contribution in [3.63, 3.8) is 0 Å². The van der Waals surface area contributed by atoms with Crippen LogP contribution in [0.25, 0.3) is 5.65 Å². The van der Waals surface area contributed by atoms with E-state index in [1.54, 1.807) is 19.9 Å². The Morgan fingerprint density at radius 3 is 2.37 bits per heavy atom. The van der Waals surface area contributed by atoms with Crippen LogP contribution in [0.2, 0.25) is 0 Å². The topological polar surface area (TPSA) is 70.8 Å². The number of hydrogen-bond acceptors (Lipinski definition) is 4. The number of fused-ring (bicyclic) bond motifs is 1. The van der Waals surface area contributed by atoms with Gasteiger partial charge in [0.2, 0.25) is 0 Å². The largest absolute Gasteiger partial charge is 0.433 e. The summed E-state index contributed by atoms with van der Waals surface area (Å²) >= 11 is 0. The van der Waals surface area contributed by atoms with E-state index in [0.29, 0.717) is 43.9 Å². The molecule has 0 bridgehead atoms. The Kier molecular flexibility index (Phi) is 5.56. The van der Waals surface area contributed by atoms with Gasteiger partial charge in [-0.25, -0.2) is 9.50 Å². The van der Waals surface area contributed by atoms with Crippen LogP contribution in [0, 0.1) is 0 Å². The molecule has 4 rings (SSSR count). The van der Waals surface area contributed by atoms with Crippen molar-refractivity contribution in [3.05, 3.63) is 29.2 Å². The second-order valence-corrected chi connectivity index (χ2v) is 10.3. The van der Waals surface area contributed by atoms with Gasteiger partial charge in [-0.15, -0.1) is 0 Å². The minimum Gasteiger partial charge on any atom is -0.233 e. The summed E-state index contributed by atoms with van der Waals surface area (Å²) in [6.07, 6.45) is -1.54. The van der Waals surface area contributed by atoms with Crippen molar-refractivity contribution < 1.29 is 21.6 Å². The number of hydrogen-bond donors (Lipinski definition) is 0. The first-order chi connectivity index (χ1) is 14.1. The average molecular weight is 446 g/mol. The molecular formula is C19H26F3N5O2S. The molecule has 0 aromatic carbocycles. The average Bonchev–Trinajstić information content (AvgIpc) is 3.36. The number of nitrogens with zero attached hydrogens (tertiary/aromatic N) is 5. The molecule has 166 valence electrons. The molecule has 2 aromatic rings. The van der Waals surface area contributed by atoms with Crippen molar-refractivity contribution in [2.75, 3.05) is 26.2 Å². The molecule has 2 aliphatic rings. The smallest absolute Gasteiger partial charge is 0.233 e. The van der Waals surface area contributed by atoms with E-state index >= 15 is 0 Å². The van der Waals surface area contributed by atoms with Crippen LogP contribution in [0.15, 0.2) is 12.1 Å². The van der Waals surface area contributed by atoms with Crippen molar-refractivity contribution in [2.45, 2.75) is 57.5 Å². The van der Waals surface area contributed by atoms with Gasteiger partial charge < -0.3 is 0 Å². The standard InChI is InChI=1S/C19H26F3N5O2S/c1-13(2)15-10-17(19(20,21)22)27-18(23-15)11-16(24-27)14-6-5-9-26(12-14)30(28,29)25-7-3-4-8-25/h10-11,13-14H,3-9,12H2,1-2H3. The number of rotatable bonds is 4. The van der Waals surface area contributed by atoms with Crippen LogP contribution in [0.3, 0.4) is 0 Å². The first-order valence-electron chi connectivity index (χ1n) is 10.3. The van der Waals surface area contributed by atoms with E-state index in [9.17, 15) is 21.6 Å². The summed E-state index contributed by atoms with van der Waals surface area (Å²) in [7, 11) is -3.55. The highest BCUT2D eigenvalue weighted by atomic mass is 32.2. The number of piperidine rings is 1. The summed E-state index contributed by atoms with van der Waals surface area (Å²) in [4.78, 5) is 4.36. The van der Waals surface area contributed by atoms with E-state index < -0.39 is 22.1 Å². The lowest BCUT2D eigenvalue weighted by atomic mass is 9.96. The zero-order valence-corrected chi connectivity index (χ0v) is 17.9. The van der Waals surface area contributed by atoms with Crippen molar-refractivity contribution in [2.24, 2.45) is 0 Å². The minimum atomic E-state index is -4.56. The highest BCUT2D eigenvalue weighted by Gasteiger charge is 2.38. The predicted molar refractivity (Wildman–Crippen MR) is 105 cm³/mol. The SMILES string of the molecule is CC(C)c1cc(C(F)(F)F)n2nc(C3CCCN(S(=O)(=O)N4CCCC4)C3)cc2n1. The Morgan fingerprint density at radius 2 is 1.73 bits per heavy atom. The fourth-order valence-corrected chi connectivity index (χ4v) is 5.96. The van der Waals surface area contributed by atoms with E-state index in [1.807, 2.05) is 0 Å². The summed E-state index contributed by atoms with van der Waals surface area (Å²) in [5.74, 6) is -0.424. The summed E-state index contributed by atoms with van der Waals surface area (Å²) in [5, 5.41) is 4.22. The molecule has 2 aromatic heterocycles. The second-order valence-electron chi connectivity index (χ2n) is 8.37. The molecule has 0 saturated carbocycles. The lowest BCUT2D eigenvalue weighted by molar-refractivity contribution is -0.142. The Balaban J connectivity index is 1.67. The van der Waals surface area contributed by atoms with Crippen LogP contribution >= 0.6 is 0 Å². The molecule has 1 atom stereocenters. The van der Waals surface area contributed by atoms with Crippen LogP contribution in [-0.2, 0) is 16.4 Å². The minimum absolute atomic E-state index is 0.142. The van der Waals surface area contributed by atoms with E-state index in [-0.39, 0.29) is 24.0 Å². The predicted octanol–water partition coefficient (Wildman–Crippen LogP) is 3.39. The first-order valence-corrected chi connectivity index (χ1v) is 11.7. The normalized spacial score (nSPS) is 22.4. The van der Waals surface area contributed by atoms with Crippen LogP contribution in [0.1, 0.15) is 68.4 Å². The quantitative estimate of drug-likeness (QED) is 0.723. The van der Waals surface area contributed by atoms with Gasteiger partial charge in [0.25, 0.3) is 10.2 Å². The summed E-state index contributed by atoms with van der Waals surface area (Å²) in [5.41, 5.74) is 0.0845. The Labute approximate surface area is 174 Å². The van der Waals surface area contributed by atoms with Crippen molar-refractivity contribution in [1.29, 1.82) is 0 Å². The van der Waals surface area contributed by atoms with Gasteiger partial charge in [-0.1, -0.05) is 13.8 Å². The molecule has 0 amide bonds. The summed E-state index contributed by atoms with van der Waals surface area (Å²) < 4.78 is 70.5. The van der Waals surface area contributed by atoms with Gasteiger partial charge in [0.05, 0.1) is 5.69 Å². The van der Waals surface area contributed by atoms with E-state index in [2.05, 4.69) is 10.1 Å². The van der Waals surface area contributed by atoms with Gasteiger partial charge in [-0.05, 0) is 37.7 Å². The maximum atomic E-state index is 13.6. The van der Waals surface area contributed by atoms with E-state index in [1.165, 1.54) is 8.61 Å². The number of alkyl halides is 3. The van der Waals surface area contributed by atoms with Crippen molar-refractivity contribution >= 4 is 15.9 Å². The molecular weight excluding hydrogens is 419 g/mol. The molecule has 2 saturated heterocycles. The number of aromatic nitrogens is 3. The van der Waals surface area contributed by atoms with Crippen LogP contribution in [0.5, 0.6) is 0 Å². The molecule has 0 spiro atoms. The van der Waals surface area contributed by atoms with Gasteiger partial charge in [-0.2, -0.15) is 35.3 Å². The molecule has 1 unspecified atom stereocenters.